The van der Waals surface area contributed by atoms with Crippen molar-refractivity contribution in [2.75, 3.05) is 11.9 Å². The Labute approximate surface area is 119 Å². The molecule has 2 amide bonds. The lowest BCUT2D eigenvalue weighted by molar-refractivity contribution is -0.137. The van der Waals surface area contributed by atoms with Crippen LogP contribution in [0, 0.1) is 11.3 Å². The maximum atomic E-state index is 12.5. The van der Waals surface area contributed by atoms with Gasteiger partial charge in [-0.2, -0.15) is 18.4 Å². The number of carbonyl (C=O) groups excluding carboxylic acids is 2. The zero-order valence-corrected chi connectivity index (χ0v) is 11.3. The summed E-state index contributed by atoms with van der Waals surface area (Å²) in [5, 5.41) is 12.2. The number of carbonyl (C=O) groups is 2. The molecule has 0 bridgehead atoms. The van der Waals surface area contributed by atoms with Crippen LogP contribution in [-0.2, 0) is 15.8 Å². The van der Waals surface area contributed by atoms with E-state index in [9.17, 15) is 22.8 Å². The molecule has 0 atom stereocenters. The van der Waals surface area contributed by atoms with Crippen LogP contribution in [0.1, 0.15) is 5.56 Å². The van der Waals surface area contributed by atoms with Gasteiger partial charge in [0.15, 0.2) is 0 Å². The van der Waals surface area contributed by atoms with Crippen LogP contribution in [0.5, 0.6) is 0 Å². The van der Waals surface area contributed by atoms with E-state index in [2.05, 4.69) is 15.9 Å². The van der Waals surface area contributed by atoms with Gasteiger partial charge in [0.05, 0.1) is 17.3 Å². The molecule has 0 spiro atoms. The first-order valence-corrected chi connectivity index (χ1v) is 5.88. The van der Waals surface area contributed by atoms with Crippen molar-refractivity contribution in [2.24, 2.45) is 0 Å². The number of hydrogen-bond donors (Lipinski definition) is 2. The van der Waals surface area contributed by atoms with Gasteiger partial charge in [-0.25, -0.2) is 0 Å². The Hall–Kier alpha value is -2.08. The minimum Gasteiger partial charge on any atom is -0.335 e. The van der Waals surface area contributed by atoms with Crippen LogP contribution in [0.25, 0.3) is 0 Å². The fraction of sp³-hybridized carbons (Fsp3) is 0.182. The second-order valence-corrected chi connectivity index (χ2v) is 4.34. The lowest BCUT2D eigenvalue weighted by Gasteiger charge is -2.11. The zero-order chi connectivity index (χ0) is 15.3. The second kappa shape index (κ2) is 6.38. The number of nitrogens with zero attached hydrogens (tertiary/aromatic N) is 1. The maximum Gasteiger partial charge on any atom is 0.416 e. The number of alkyl halides is 3. The third-order valence-corrected chi connectivity index (χ3v) is 2.77. The number of nitrogens with one attached hydrogen (secondary N) is 2. The first kappa shape index (κ1) is 16.0. The first-order valence-electron chi connectivity index (χ1n) is 5.08. The van der Waals surface area contributed by atoms with Gasteiger partial charge in [0.25, 0.3) is 0 Å². The summed E-state index contributed by atoms with van der Waals surface area (Å²) >= 11 is 2.96. The Morgan fingerprint density at radius 1 is 1.30 bits per heavy atom. The van der Waals surface area contributed by atoms with Crippen molar-refractivity contribution in [2.45, 2.75) is 6.18 Å². The van der Waals surface area contributed by atoms with Gasteiger partial charge in [-0.1, -0.05) is 0 Å². The van der Waals surface area contributed by atoms with E-state index in [4.69, 9.17) is 5.26 Å². The summed E-state index contributed by atoms with van der Waals surface area (Å²) in [5.41, 5.74) is -1.16. The molecule has 0 heterocycles. The van der Waals surface area contributed by atoms with Crippen LogP contribution in [0.3, 0.4) is 0 Å². The number of halogens is 4. The number of rotatable bonds is 2. The highest BCUT2D eigenvalue weighted by Gasteiger charge is 2.31. The van der Waals surface area contributed by atoms with Crippen LogP contribution in [0.15, 0.2) is 22.7 Å². The Morgan fingerprint density at radius 2 is 1.95 bits per heavy atom. The second-order valence-electron chi connectivity index (χ2n) is 3.49. The largest absolute Gasteiger partial charge is 0.416 e. The molecule has 0 aliphatic heterocycles. The van der Waals surface area contributed by atoms with Crippen LogP contribution < -0.4 is 10.6 Å². The van der Waals surface area contributed by atoms with Crippen molar-refractivity contribution >= 4 is 33.4 Å². The van der Waals surface area contributed by atoms with Gasteiger partial charge in [0.1, 0.15) is 6.54 Å². The topological polar surface area (TPSA) is 82.0 Å². The lowest BCUT2D eigenvalue weighted by Crippen LogP contribution is -2.35. The smallest absolute Gasteiger partial charge is 0.335 e. The third-order valence-electron chi connectivity index (χ3n) is 2.08. The van der Waals surface area contributed by atoms with Crippen LogP contribution in [-0.4, -0.2) is 18.4 Å². The normalized spacial score (nSPS) is 10.6. The molecule has 106 valence electrons. The van der Waals surface area contributed by atoms with Crippen molar-refractivity contribution < 1.29 is 22.8 Å². The molecule has 2 N–H and O–H groups in total. The van der Waals surface area contributed by atoms with Crippen LogP contribution in [0.4, 0.5) is 18.9 Å². The molecule has 0 saturated carbocycles. The Bertz CT molecular complexity index is 581. The average Bonchev–Trinajstić information content (AvgIpc) is 2.37. The van der Waals surface area contributed by atoms with E-state index in [0.29, 0.717) is 6.07 Å². The van der Waals surface area contributed by atoms with Gasteiger partial charge >= 0.3 is 18.0 Å². The Balaban J connectivity index is 2.90. The van der Waals surface area contributed by atoms with E-state index >= 15 is 0 Å². The van der Waals surface area contributed by atoms with Crippen LogP contribution in [0.2, 0.25) is 0 Å². The number of amides is 2. The lowest BCUT2D eigenvalue weighted by atomic mass is 10.2. The molecule has 9 heteroatoms. The Morgan fingerprint density at radius 3 is 2.50 bits per heavy atom. The van der Waals surface area contributed by atoms with Crippen molar-refractivity contribution in [1.29, 1.82) is 5.26 Å². The number of benzene rings is 1. The molecule has 1 aromatic carbocycles. The third kappa shape index (κ3) is 4.24. The molecule has 0 unspecified atom stereocenters. The summed E-state index contributed by atoms with van der Waals surface area (Å²) in [4.78, 5) is 22.6. The SMILES string of the molecule is N#CCNC(=O)C(=O)Nc1cc(C(F)(F)F)ccc1Br. The summed E-state index contributed by atoms with van der Waals surface area (Å²) < 4.78 is 37.7. The molecule has 0 aliphatic rings. The van der Waals surface area contributed by atoms with Crippen molar-refractivity contribution in [3.8, 4) is 6.07 Å². The summed E-state index contributed by atoms with van der Waals surface area (Å²) in [6, 6.07) is 4.21. The zero-order valence-electron chi connectivity index (χ0n) is 9.71. The minimum absolute atomic E-state index is 0.187. The van der Waals surface area contributed by atoms with E-state index in [1.165, 1.54) is 0 Å². The number of anilines is 1. The maximum absolute atomic E-state index is 12.5. The summed E-state index contributed by atoms with van der Waals surface area (Å²) in [6.45, 7) is -0.379. The predicted octanol–water partition coefficient (Wildman–Crippen LogP) is 2.05. The van der Waals surface area contributed by atoms with E-state index in [0.717, 1.165) is 12.1 Å². The molecular weight excluding hydrogens is 343 g/mol. The van der Waals surface area contributed by atoms with Crippen molar-refractivity contribution in [1.82, 2.24) is 5.32 Å². The average molecular weight is 350 g/mol. The van der Waals surface area contributed by atoms with E-state index in [1.807, 2.05) is 10.6 Å². The van der Waals surface area contributed by atoms with Crippen LogP contribution >= 0.6 is 15.9 Å². The molecule has 0 radical (unpaired) electrons. The molecule has 1 rings (SSSR count). The van der Waals surface area contributed by atoms with Crippen molar-refractivity contribution in [3.05, 3.63) is 28.2 Å². The van der Waals surface area contributed by atoms with Gasteiger partial charge < -0.3 is 10.6 Å². The first-order chi connectivity index (χ1) is 9.25. The van der Waals surface area contributed by atoms with Crippen molar-refractivity contribution in [3.63, 3.8) is 0 Å². The monoisotopic (exact) mass is 349 g/mol. The molecule has 1 aromatic rings. The molecule has 0 fully saturated rings. The van der Waals surface area contributed by atoms with Gasteiger partial charge in [0, 0.05) is 4.47 Å². The minimum atomic E-state index is -4.57. The van der Waals surface area contributed by atoms with E-state index in [-0.39, 0.29) is 16.7 Å². The molecule has 0 aliphatic carbocycles. The number of hydrogen-bond acceptors (Lipinski definition) is 3. The molecule has 0 aromatic heterocycles. The molecular formula is C11H7BrF3N3O2. The quantitative estimate of drug-likeness (QED) is 0.633. The molecule has 20 heavy (non-hydrogen) atoms. The van der Waals surface area contributed by atoms with Gasteiger partial charge in [-0.05, 0) is 34.1 Å². The van der Waals surface area contributed by atoms with Gasteiger partial charge in [-0.3, -0.25) is 9.59 Å². The summed E-state index contributed by atoms with van der Waals surface area (Å²) in [7, 11) is 0. The molecule has 0 saturated heterocycles. The van der Waals surface area contributed by atoms with E-state index in [1.54, 1.807) is 6.07 Å². The molecule has 5 nitrogen and oxygen atoms in total. The standard InChI is InChI=1S/C11H7BrF3N3O2/c12-7-2-1-6(11(13,14)15)5-8(7)18-10(20)9(19)17-4-3-16/h1-2,5H,4H2,(H,17,19)(H,18,20). The fourth-order valence-electron chi connectivity index (χ4n) is 1.18. The highest BCUT2D eigenvalue weighted by atomic mass is 79.9. The Kier molecular flexibility index (Phi) is 5.10. The van der Waals surface area contributed by atoms with Gasteiger partial charge in [-0.15, -0.1) is 0 Å². The highest BCUT2D eigenvalue weighted by molar-refractivity contribution is 9.10. The fourth-order valence-corrected chi connectivity index (χ4v) is 1.52. The predicted molar refractivity (Wildman–Crippen MR) is 66.4 cm³/mol. The summed E-state index contributed by atoms with van der Waals surface area (Å²) in [6.07, 6.45) is -4.57. The van der Waals surface area contributed by atoms with Gasteiger partial charge in [0.2, 0.25) is 0 Å². The number of nitriles is 1. The highest BCUT2D eigenvalue weighted by Crippen LogP contribution is 2.33. The van der Waals surface area contributed by atoms with E-state index < -0.39 is 23.6 Å². The summed E-state index contributed by atoms with van der Waals surface area (Å²) in [5.74, 6) is -2.28.